The van der Waals surface area contributed by atoms with Gasteiger partial charge in [0.2, 0.25) is 0 Å². The van der Waals surface area contributed by atoms with Crippen molar-refractivity contribution in [3.8, 4) is 5.75 Å². The van der Waals surface area contributed by atoms with E-state index in [9.17, 15) is 0 Å². The van der Waals surface area contributed by atoms with Gasteiger partial charge in [-0.2, -0.15) is 0 Å². The molecule has 28 heavy (non-hydrogen) atoms. The van der Waals surface area contributed by atoms with Crippen LogP contribution in [0.5, 0.6) is 5.75 Å². The smallest absolute Gasteiger partial charge is 0.120 e. The summed E-state index contributed by atoms with van der Waals surface area (Å²) in [5.41, 5.74) is 3.74. The maximum Gasteiger partial charge on any atom is 0.120 e. The normalized spacial score (nSPS) is 14.9. The lowest BCUT2D eigenvalue weighted by atomic mass is 10.2. The van der Waals surface area contributed by atoms with Gasteiger partial charge in [0.25, 0.3) is 0 Å². The molecule has 0 amide bonds. The zero-order chi connectivity index (χ0) is 19.1. The van der Waals surface area contributed by atoms with E-state index in [0.29, 0.717) is 6.10 Å². The Kier molecular flexibility index (Phi) is 4.93. The lowest BCUT2D eigenvalue weighted by Crippen LogP contribution is -2.11. The van der Waals surface area contributed by atoms with Crippen LogP contribution in [0.15, 0.2) is 69.6 Å². The second-order valence-electron chi connectivity index (χ2n) is 7.58. The summed E-state index contributed by atoms with van der Waals surface area (Å²) < 4.78 is 10.8. The maximum atomic E-state index is 6.22. The Labute approximate surface area is 181 Å². The summed E-state index contributed by atoms with van der Waals surface area (Å²) in [6, 6.07) is 21.6. The molecule has 142 valence electrons. The number of halogens is 2. The Morgan fingerprint density at radius 2 is 1.46 bits per heavy atom. The third-order valence-electron chi connectivity index (χ3n) is 5.64. The van der Waals surface area contributed by atoms with Gasteiger partial charge in [0.15, 0.2) is 0 Å². The van der Waals surface area contributed by atoms with Crippen molar-refractivity contribution >= 4 is 53.7 Å². The highest BCUT2D eigenvalue weighted by Gasteiger charge is 2.17. The first-order valence-electron chi connectivity index (χ1n) is 9.80. The molecule has 1 aromatic heterocycles. The van der Waals surface area contributed by atoms with Gasteiger partial charge in [-0.3, -0.25) is 0 Å². The third-order valence-corrected chi connectivity index (χ3v) is 6.62. The highest BCUT2D eigenvalue weighted by Crippen LogP contribution is 2.34. The summed E-state index contributed by atoms with van der Waals surface area (Å²) in [5.74, 6) is 0.993. The van der Waals surface area contributed by atoms with E-state index in [4.69, 9.17) is 4.74 Å². The van der Waals surface area contributed by atoms with Crippen LogP contribution in [0, 0.1) is 0 Å². The topological polar surface area (TPSA) is 14.2 Å². The fraction of sp³-hybridized carbons (Fsp3) is 0.250. The van der Waals surface area contributed by atoms with Crippen LogP contribution in [0.4, 0.5) is 0 Å². The van der Waals surface area contributed by atoms with E-state index in [1.165, 1.54) is 53.1 Å². The second-order valence-corrected chi connectivity index (χ2v) is 9.41. The van der Waals surface area contributed by atoms with Crippen LogP contribution in [0.25, 0.3) is 21.8 Å². The minimum absolute atomic E-state index is 0.385. The molecule has 1 fully saturated rings. The zero-order valence-electron chi connectivity index (χ0n) is 15.5. The van der Waals surface area contributed by atoms with E-state index in [1.54, 1.807) is 0 Å². The van der Waals surface area contributed by atoms with Crippen molar-refractivity contribution in [2.24, 2.45) is 0 Å². The van der Waals surface area contributed by atoms with Gasteiger partial charge in [-0.05, 0) is 67.6 Å². The average Bonchev–Trinajstić information content (AvgIpc) is 3.29. The molecule has 0 radical (unpaired) electrons. The fourth-order valence-corrected chi connectivity index (χ4v) is 5.01. The highest BCUT2D eigenvalue weighted by molar-refractivity contribution is 9.10. The molecule has 0 unspecified atom stereocenters. The van der Waals surface area contributed by atoms with Crippen LogP contribution >= 0.6 is 31.9 Å². The first-order chi connectivity index (χ1) is 13.7. The molecule has 4 aromatic rings. The minimum atomic E-state index is 0.385. The van der Waals surface area contributed by atoms with Gasteiger partial charge in [0.05, 0.1) is 17.1 Å². The van der Waals surface area contributed by atoms with Crippen LogP contribution in [-0.4, -0.2) is 10.7 Å². The first kappa shape index (κ1) is 18.3. The molecule has 0 saturated heterocycles. The molecule has 3 aromatic carbocycles. The molecule has 0 N–H and O–H groups in total. The Balaban J connectivity index is 1.57. The average molecular weight is 499 g/mol. The standard InChI is InChI=1S/C24H21Br2NO/c25-17-8-10-21-22-11-9-18(26)14-24(22)27(23(21)13-17)15-16-4-3-7-20(12-16)28-19-5-1-2-6-19/h3-4,7-14,19H,1-2,5-6,15H2. The Morgan fingerprint density at radius 3 is 2.11 bits per heavy atom. The largest absolute Gasteiger partial charge is 0.490 e. The van der Waals surface area contributed by atoms with Crippen molar-refractivity contribution in [2.75, 3.05) is 0 Å². The molecule has 1 saturated carbocycles. The zero-order valence-corrected chi connectivity index (χ0v) is 18.7. The van der Waals surface area contributed by atoms with Crippen molar-refractivity contribution < 1.29 is 4.74 Å². The lowest BCUT2D eigenvalue weighted by Gasteiger charge is -2.14. The lowest BCUT2D eigenvalue weighted by molar-refractivity contribution is 0.210. The quantitative estimate of drug-likeness (QED) is 0.281. The van der Waals surface area contributed by atoms with Gasteiger partial charge in [0, 0.05) is 26.3 Å². The molecule has 2 nitrogen and oxygen atoms in total. The summed E-state index contributed by atoms with van der Waals surface area (Å²) in [5, 5.41) is 2.56. The number of rotatable bonds is 4. The Morgan fingerprint density at radius 1 is 0.821 bits per heavy atom. The van der Waals surface area contributed by atoms with Crippen molar-refractivity contribution in [1.82, 2.24) is 4.57 Å². The van der Waals surface area contributed by atoms with E-state index in [-0.39, 0.29) is 0 Å². The third kappa shape index (κ3) is 3.48. The molecular formula is C24H21Br2NO. The number of fused-ring (bicyclic) bond motifs is 3. The molecule has 0 atom stereocenters. The summed E-state index contributed by atoms with van der Waals surface area (Å²) >= 11 is 7.28. The summed E-state index contributed by atoms with van der Waals surface area (Å²) in [6.45, 7) is 0.814. The fourth-order valence-electron chi connectivity index (χ4n) is 4.31. The molecule has 4 heteroatoms. The number of hydrogen-bond acceptors (Lipinski definition) is 1. The molecule has 1 aliphatic rings. The molecular weight excluding hydrogens is 478 g/mol. The van der Waals surface area contributed by atoms with E-state index in [2.05, 4.69) is 97.1 Å². The molecule has 1 heterocycles. The number of hydrogen-bond donors (Lipinski definition) is 0. The molecule has 5 rings (SSSR count). The number of benzene rings is 3. The van der Waals surface area contributed by atoms with Gasteiger partial charge in [0.1, 0.15) is 5.75 Å². The Hall–Kier alpha value is -1.78. The molecule has 1 aliphatic carbocycles. The van der Waals surface area contributed by atoms with Crippen molar-refractivity contribution in [1.29, 1.82) is 0 Å². The minimum Gasteiger partial charge on any atom is -0.490 e. The molecule has 0 spiro atoms. The molecule has 0 bridgehead atoms. The summed E-state index contributed by atoms with van der Waals surface area (Å²) in [7, 11) is 0. The van der Waals surface area contributed by atoms with E-state index in [0.717, 1.165) is 21.2 Å². The highest BCUT2D eigenvalue weighted by atomic mass is 79.9. The number of nitrogens with zero attached hydrogens (tertiary/aromatic N) is 1. The van der Waals surface area contributed by atoms with Crippen molar-refractivity contribution in [3.05, 3.63) is 75.2 Å². The van der Waals surface area contributed by atoms with Gasteiger partial charge in [-0.1, -0.05) is 56.1 Å². The van der Waals surface area contributed by atoms with E-state index >= 15 is 0 Å². The number of aromatic nitrogens is 1. The van der Waals surface area contributed by atoms with Gasteiger partial charge in [-0.25, -0.2) is 0 Å². The summed E-state index contributed by atoms with van der Waals surface area (Å²) in [6.07, 6.45) is 5.32. The second kappa shape index (κ2) is 7.57. The maximum absolute atomic E-state index is 6.22. The van der Waals surface area contributed by atoms with E-state index in [1.807, 2.05) is 0 Å². The van der Waals surface area contributed by atoms with Crippen LogP contribution in [0.3, 0.4) is 0 Å². The number of ether oxygens (including phenoxy) is 1. The molecule has 0 aliphatic heterocycles. The van der Waals surface area contributed by atoms with Gasteiger partial charge >= 0.3 is 0 Å². The predicted octanol–water partition coefficient (Wildman–Crippen LogP) is 7.69. The van der Waals surface area contributed by atoms with Gasteiger partial charge < -0.3 is 9.30 Å². The SMILES string of the molecule is Brc1ccc2c3ccc(Br)cc3n(Cc3cccc(OC4CCCC4)c3)c2c1. The van der Waals surface area contributed by atoms with Crippen LogP contribution in [0.1, 0.15) is 31.2 Å². The summed E-state index contributed by atoms with van der Waals surface area (Å²) in [4.78, 5) is 0. The van der Waals surface area contributed by atoms with Crippen LogP contribution in [-0.2, 0) is 6.54 Å². The van der Waals surface area contributed by atoms with Crippen molar-refractivity contribution in [2.45, 2.75) is 38.3 Å². The first-order valence-corrected chi connectivity index (χ1v) is 11.4. The van der Waals surface area contributed by atoms with Gasteiger partial charge in [-0.15, -0.1) is 0 Å². The van der Waals surface area contributed by atoms with E-state index < -0.39 is 0 Å². The predicted molar refractivity (Wildman–Crippen MR) is 123 cm³/mol. The van der Waals surface area contributed by atoms with Crippen molar-refractivity contribution in [3.63, 3.8) is 0 Å². The Bertz CT molecular complexity index is 1100. The van der Waals surface area contributed by atoms with Crippen LogP contribution < -0.4 is 4.74 Å². The monoisotopic (exact) mass is 497 g/mol. The van der Waals surface area contributed by atoms with Crippen LogP contribution in [0.2, 0.25) is 0 Å².